The molecule has 0 unspecified atom stereocenters. The highest BCUT2D eigenvalue weighted by atomic mass is 15.1. The van der Waals surface area contributed by atoms with Crippen molar-refractivity contribution in [3.05, 3.63) is 127 Å². The molecule has 5 heterocycles. The van der Waals surface area contributed by atoms with Crippen LogP contribution in [0.3, 0.4) is 0 Å². The molecule has 0 saturated heterocycles. The highest BCUT2D eigenvalue weighted by Crippen LogP contribution is 2.47. The third kappa shape index (κ3) is 2.68. The van der Waals surface area contributed by atoms with Gasteiger partial charge in [-0.3, -0.25) is 9.38 Å². The molecule has 0 N–H and O–H groups in total. The Labute approximate surface area is 234 Å². The third-order valence-corrected chi connectivity index (χ3v) is 8.82. The second-order valence-electron chi connectivity index (χ2n) is 10.9. The zero-order valence-corrected chi connectivity index (χ0v) is 21.9. The number of aromatic nitrogens is 5. The highest BCUT2D eigenvalue weighted by Gasteiger charge is 2.26. The molecular formula is C36H21N5. The molecule has 0 radical (unpaired) electrons. The van der Waals surface area contributed by atoms with Crippen molar-refractivity contribution in [1.29, 1.82) is 0 Å². The first-order chi connectivity index (χ1) is 20.3. The zero-order valence-electron chi connectivity index (χ0n) is 21.9. The van der Waals surface area contributed by atoms with Crippen LogP contribution in [0, 0.1) is 0 Å². The third-order valence-electron chi connectivity index (χ3n) is 8.82. The van der Waals surface area contributed by atoms with Crippen molar-refractivity contribution in [2.24, 2.45) is 0 Å². The summed E-state index contributed by atoms with van der Waals surface area (Å²) in [7, 11) is 0. The van der Waals surface area contributed by atoms with Crippen molar-refractivity contribution in [2.45, 2.75) is 6.42 Å². The number of hydrogen-bond acceptors (Lipinski definition) is 3. The molecule has 5 heteroatoms. The van der Waals surface area contributed by atoms with Crippen LogP contribution >= 0.6 is 0 Å². The van der Waals surface area contributed by atoms with Crippen molar-refractivity contribution in [3.8, 4) is 16.8 Å². The van der Waals surface area contributed by atoms with Crippen LogP contribution in [0.1, 0.15) is 11.1 Å². The van der Waals surface area contributed by atoms with Crippen LogP contribution < -0.4 is 0 Å². The maximum absolute atomic E-state index is 5.08. The van der Waals surface area contributed by atoms with Gasteiger partial charge in [0.05, 0.1) is 28.3 Å². The van der Waals surface area contributed by atoms with Crippen LogP contribution in [0.15, 0.2) is 116 Å². The van der Waals surface area contributed by atoms with E-state index in [1.54, 1.807) is 6.20 Å². The number of para-hydroxylation sites is 2. The van der Waals surface area contributed by atoms with E-state index >= 15 is 0 Å². The number of nitrogens with zero attached hydrogens (tertiary/aromatic N) is 5. The Balaban J connectivity index is 1.36. The van der Waals surface area contributed by atoms with E-state index in [4.69, 9.17) is 9.97 Å². The predicted octanol–water partition coefficient (Wildman–Crippen LogP) is 8.25. The van der Waals surface area contributed by atoms with E-state index < -0.39 is 0 Å². The number of pyridine rings is 3. The largest absolute Gasteiger partial charge is 0.309 e. The fraction of sp³-hybridized carbons (Fsp3) is 0.0278. The summed E-state index contributed by atoms with van der Waals surface area (Å²) in [6.45, 7) is 0. The average Bonchev–Trinajstić information content (AvgIpc) is 3.70. The van der Waals surface area contributed by atoms with Crippen molar-refractivity contribution in [2.75, 3.05) is 0 Å². The van der Waals surface area contributed by atoms with E-state index in [2.05, 4.69) is 98.9 Å². The minimum absolute atomic E-state index is 0.903. The van der Waals surface area contributed by atoms with Gasteiger partial charge < -0.3 is 4.57 Å². The average molecular weight is 524 g/mol. The number of benzene rings is 4. The second kappa shape index (κ2) is 7.55. The number of rotatable bonds is 1. The molecular weight excluding hydrogens is 502 g/mol. The van der Waals surface area contributed by atoms with Gasteiger partial charge in [0.25, 0.3) is 0 Å². The minimum Gasteiger partial charge on any atom is -0.309 e. The van der Waals surface area contributed by atoms with Gasteiger partial charge in [-0.05, 0) is 88.7 Å². The first kappa shape index (κ1) is 21.3. The summed E-state index contributed by atoms with van der Waals surface area (Å²) in [6.07, 6.45) is 6.46. The summed E-state index contributed by atoms with van der Waals surface area (Å²) in [5.74, 6) is 0. The van der Waals surface area contributed by atoms with Gasteiger partial charge in [0.1, 0.15) is 11.3 Å². The van der Waals surface area contributed by atoms with E-state index in [0.29, 0.717) is 0 Å². The van der Waals surface area contributed by atoms with Crippen molar-refractivity contribution < 1.29 is 0 Å². The van der Waals surface area contributed by atoms with Gasteiger partial charge in [0, 0.05) is 39.6 Å². The maximum atomic E-state index is 5.08. The van der Waals surface area contributed by atoms with Gasteiger partial charge in [-0.1, -0.05) is 42.5 Å². The van der Waals surface area contributed by atoms with E-state index in [-0.39, 0.29) is 0 Å². The zero-order chi connectivity index (χ0) is 26.7. The molecule has 1 aliphatic rings. The number of hydrogen-bond donors (Lipinski definition) is 0. The Hall–Kier alpha value is -5.55. The van der Waals surface area contributed by atoms with Gasteiger partial charge in [0.15, 0.2) is 0 Å². The van der Waals surface area contributed by atoms with E-state index in [9.17, 15) is 0 Å². The topological polar surface area (TPSA) is 48.0 Å². The van der Waals surface area contributed by atoms with Gasteiger partial charge in [0.2, 0.25) is 0 Å². The van der Waals surface area contributed by atoms with Crippen molar-refractivity contribution in [3.63, 3.8) is 0 Å². The van der Waals surface area contributed by atoms with Gasteiger partial charge >= 0.3 is 0 Å². The SMILES string of the molecule is c1ccc(-n2c3ccccc3c3c4c(ccc32)Cc2cc3c(cc2-4)c2cccnc2n2c4cnccc4nc32)cc1. The fourth-order valence-corrected chi connectivity index (χ4v) is 7.15. The Morgan fingerprint density at radius 1 is 0.610 bits per heavy atom. The van der Waals surface area contributed by atoms with Crippen LogP contribution in [-0.4, -0.2) is 23.9 Å². The molecule has 0 amide bonds. The van der Waals surface area contributed by atoms with Crippen molar-refractivity contribution >= 4 is 60.3 Å². The summed E-state index contributed by atoms with van der Waals surface area (Å²) >= 11 is 0. The Morgan fingerprint density at radius 2 is 1.49 bits per heavy atom. The van der Waals surface area contributed by atoms with Crippen LogP contribution in [0.4, 0.5) is 0 Å². The van der Waals surface area contributed by atoms with E-state index in [1.165, 1.54) is 55.1 Å². The summed E-state index contributed by atoms with van der Waals surface area (Å²) in [6, 6.07) is 35.0. The Kier molecular flexibility index (Phi) is 3.92. The molecule has 0 fully saturated rings. The lowest BCUT2D eigenvalue weighted by Gasteiger charge is -2.11. The molecule has 4 aromatic carbocycles. The van der Waals surface area contributed by atoms with Crippen molar-refractivity contribution in [1.82, 2.24) is 23.9 Å². The molecule has 5 aromatic heterocycles. The monoisotopic (exact) mass is 523 g/mol. The van der Waals surface area contributed by atoms with Gasteiger partial charge in [-0.15, -0.1) is 0 Å². The molecule has 10 rings (SSSR count). The first-order valence-corrected chi connectivity index (χ1v) is 13.9. The smallest absolute Gasteiger partial charge is 0.147 e. The van der Waals surface area contributed by atoms with Crippen LogP contribution in [-0.2, 0) is 6.42 Å². The summed E-state index contributed by atoms with van der Waals surface area (Å²) < 4.78 is 4.57. The lowest BCUT2D eigenvalue weighted by atomic mass is 9.96. The molecule has 41 heavy (non-hydrogen) atoms. The predicted molar refractivity (Wildman–Crippen MR) is 166 cm³/mol. The molecule has 1 aliphatic carbocycles. The molecule has 0 aliphatic heterocycles. The van der Waals surface area contributed by atoms with E-state index in [1.807, 2.05) is 24.5 Å². The van der Waals surface area contributed by atoms with Crippen LogP contribution in [0.2, 0.25) is 0 Å². The molecule has 0 spiro atoms. The first-order valence-electron chi connectivity index (χ1n) is 13.9. The summed E-state index contributed by atoms with van der Waals surface area (Å²) in [5, 5.41) is 6.05. The molecule has 5 nitrogen and oxygen atoms in total. The molecule has 0 bridgehead atoms. The fourth-order valence-electron chi connectivity index (χ4n) is 7.15. The lowest BCUT2D eigenvalue weighted by molar-refractivity contribution is 1.18. The second-order valence-corrected chi connectivity index (χ2v) is 10.9. The van der Waals surface area contributed by atoms with Gasteiger partial charge in [-0.2, -0.15) is 0 Å². The number of imidazole rings is 1. The Morgan fingerprint density at radius 3 is 2.44 bits per heavy atom. The highest BCUT2D eigenvalue weighted by molar-refractivity contribution is 6.20. The van der Waals surface area contributed by atoms with Gasteiger partial charge in [-0.25, -0.2) is 9.97 Å². The standard InChI is InChI=1S/C36H21N5/c1-2-7-23(8-3-1)40-30-11-5-4-9-25(30)34-31(40)13-12-21-17-22-18-28-27(19-26(22)33(21)34)24-10-6-15-38-35(24)41-32-20-37-16-14-29(32)39-36(28)41/h1-16,18-20H,17H2. The van der Waals surface area contributed by atoms with Crippen LogP contribution in [0.25, 0.3) is 77.1 Å². The summed E-state index contributed by atoms with van der Waals surface area (Å²) in [5.41, 5.74) is 12.7. The molecule has 9 aromatic rings. The molecule has 190 valence electrons. The molecule has 0 saturated carbocycles. The lowest BCUT2D eigenvalue weighted by Crippen LogP contribution is -1.95. The quantitative estimate of drug-likeness (QED) is 0.204. The summed E-state index contributed by atoms with van der Waals surface area (Å²) in [4.78, 5) is 14.3. The van der Waals surface area contributed by atoms with Crippen LogP contribution in [0.5, 0.6) is 0 Å². The normalized spacial score (nSPS) is 12.8. The molecule has 0 atom stereocenters. The maximum Gasteiger partial charge on any atom is 0.147 e. The Bertz CT molecular complexity index is 2550. The number of fused-ring (bicyclic) bond motifs is 15. The van der Waals surface area contributed by atoms with E-state index in [0.717, 1.165) is 39.5 Å². The minimum atomic E-state index is 0.903.